The number of carbonyl (C=O) groups is 1. The second-order valence-corrected chi connectivity index (χ2v) is 5.66. The Morgan fingerprint density at radius 2 is 2.05 bits per heavy atom. The second kappa shape index (κ2) is 6.12. The SMILES string of the molecule is C=CCC1(C(=O)O)CCNC(c2ccc(C(F)(F)F)cc2)C1. The van der Waals surface area contributed by atoms with Gasteiger partial charge in [-0.15, -0.1) is 6.58 Å². The van der Waals surface area contributed by atoms with Gasteiger partial charge in [-0.3, -0.25) is 4.79 Å². The van der Waals surface area contributed by atoms with Gasteiger partial charge in [-0.2, -0.15) is 13.2 Å². The first-order valence-corrected chi connectivity index (χ1v) is 7.03. The molecule has 0 spiro atoms. The third kappa shape index (κ3) is 3.32. The van der Waals surface area contributed by atoms with Crippen molar-refractivity contribution in [3.05, 3.63) is 48.0 Å². The molecule has 6 heteroatoms. The zero-order valence-electron chi connectivity index (χ0n) is 12.0. The Balaban J connectivity index is 2.22. The van der Waals surface area contributed by atoms with E-state index < -0.39 is 23.1 Å². The molecule has 0 bridgehead atoms. The fourth-order valence-electron chi connectivity index (χ4n) is 2.93. The molecule has 120 valence electrons. The second-order valence-electron chi connectivity index (χ2n) is 5.66. The highest BCUT2D eigenvalue weighted by molar-refractivity contribution is 5.75. The number of piperidine rings is 1. The van der Waals surface area contributed by atoms with E-state index in [2.05, 4.69) is 11.9 Å². The molecule has 22 heavy (non-hydrogen) atoms. The van der Waals surface area contributed by atoms with Crippen LogP contribution in [0.3, 0.4) is 0 Å². The molecule has 2 N–H and O–H groups in total. The van der Waals surface area contributed by atoms with Gasteiger partial charge in [-0.25, -0.2) is 0 Å². The van der Waals surface area contributed by atoms with Crippen molar-refractivity contribution >= 4 is 5.97 Å². The lowest BCUT2D eigenvalue weighted by Crippen LogP contribution is -2.43. The molecule has 1 heterocycles. The highest BCUT2D eigenvalue weighted by Crippen LogP contribution is 2.41. The van der Waals surface area contributed by atoms with Crippen LogP contribution in [0.2, 0.25) is 0 Å². The summed E-state index contributed by atoms with van der Waals surface area (Å²) >= 11 is 0. The standard InChI is InChI=1S/C16H18F3NO2/c1-2-7-15(14(21)22)8-9-20-13(10-15)11-3-5-12(6-4-11)16(17,18)19/h2-6,13,20H,1,7-10H2,(H,21,22). The van der Waals surface area contributed by atoms with Crippen LogP contribution in [0.25, 0.3) is 0 Å². The maximum absolute atomic E-state index is 12.6. The highest BCUT2D eigenvalue weighted by atomic mass is 19.4. The Labute approximate surface area is 126 Å². The van der Waals surface area contributed by atoms with Gasteiger partial charge in [0, 0.05) is 6.04 Å². The van der Waals surface area contributed by atoms with Gasteiger partial charge in [-0.1, -0.05) is 18.2 Å². The summed E-state index contributed by atoms with van der Waals surface area (Å²) in [6.45, 7) is 4.12. The lowest BCUT2D eigenvalue weighted by atomic mass is 9.72. The molecule has 2 unspecified atom stereocenters. The summed E-state index contributed by atoms with van der Waals surface area (Å²) in [5.74, 6) is -0.884. The highest BCUT2D eigenvalue weighted by Gasteiger charge is 2.42. The number of hydrogen-bond donors (Lipinski definition) is 2. The lowest BCUT2D eigenvalue weighted by Gasteiger charge is -2.38. The summed E-state index contributed by atoms with van der Waals surface area (Å²) in [7, 11) is 0. The third-order valence-corrected chi connectivity index (χ3v) is 4.22. The van der Waals surface area contributed by atoms with Crippen molar-refractivity contribution in [2.75, 3.05) is 6.54 Å². The fraction of sp³-hybridized carbons (Fsp3) is 0.438. The van der Waals surface area contributed by atoms with E-state index in [1.165, 1.54) is 12.1 Å². The van der Waals surface area contributed by atoms with Crippen molar-refractivity contribution in [3.63, 3.8) is 0 Å². The van der Waals surface area contributed by atoms with Gasteiger partial charge in [0.25, 0.3) is 0 Å². The zero-order chi connectivity index (χ0) is 16.4. The number of allylic oxidation sites excluding steroid dienone is 1. The minimum Gasteiger partial charge on any atom is -0.481 e. The van der Waals surface area contributed by atoms with Gasteiger partial charge in [0.15, 0.2) is 0 Å². The van der Waals surface area contributed by atoms with E-state index in [-0.39, 0.29) is 6.04 Å². The summed E-state index contributed by atoms with van der Waals surface area (Å²) in [5, 5.41) is 12.7. The summed E-state index contributed by atoms with van der Waals surface area (Å²) < 4.78 is 37.8. The monoisotopic (exact) mass is 313 g/mol. The minimum absolute atomic E-state index is 0.271. The molecule has 1 aromatic carbocycles. The molecule has 1 aliphatic heterocycles. The van der Waals surface area contributed by atoms with E-state index in [1.54, 1.807) is 6.08 Å². The maximum Gasteiger partial charge on any atom is 0.416 e. The molecule has 1 fully saturated rings. The molecule has 0 aromatic heterocycles. The molecule has 3 nitrogen and oxygen atoms in total. The normalized spacial score (nSPS) is 25.7. The smallest absolute Gasteiger partial charge is 0.416 e. The first-order chi connectivity index (χ1) is 10.3. The van der Waals surface area contributed by atoms with Gasteiger partial charge in [0.05, 0.1) is 11.0 Å². The van der Waals surface area contributed by atoms with Crippen LogP contribution in [-0.2, 0) is 11.0 Å². The predicted octanol–water partition coefficient (Wildman–Crippen LogP) is 3.78. The molecule has 0 radical (unpaired) electrons. The number of carboxylic acids is 1. The molecular formula is C16H18F3NO2. The lowest BCUT2D eigenvalue weighted by molar-refractivity contribution is -0.151. The van der Waals surface area contributed by atoms with Crippen molar-refractivity contribution in [2.45, 2.75) is 31.5 Å². The molecule has 1 saturated heterocycles. The molecule has 1 aromatic rings. The summed E-state index contributed by atoms with van der Waals surface area (Å²) in [6.07, 6.45) is -1.62. The van der Waals surface area contributed by atoms with Crippen molar-refractivity contribution in [1.29, 1.82) is 0 Å². The average Bonchev–Trinajstić information content (AvgIpc) is 2.47. The minimum atomic E-state index is -4.37. The quantitative estimate of drug-likeness (QED) is 0.832. The Bertz CT molecular complexity index is 554. The largest absolute Gasteiger partial charge is 0.481 e. The zero-order valence-corrected chi connectivity index (χ0v) is 12.0. The molecule has 1 aliphatic rings. The van der Waals surface area contributed by atoms with E-state index in [9.17, 15) is 23.1 Å². The Hall–Kier alpha value is -1.82. The van der Waals surface area contributed by atoms with Crippen LogP contribution in [0.1, 0.15) is 36.4 Å². The number of alkyl halides is 3. The first kappa shape index (κ1) is 16.5. The number of halogens is 3. The molecule has 2 rings (SSSR count). The van der Waals surface area contributed by atoms with Crippen LogP contribution < -0.4 is 5.32 Å². The van der Waals surface area contributed by atoms with Crippen molar-refractivity contribution in [3.8, 4) is 0 Å². The fourth-order valence-corrected chi connectivity index (χ4v) is 2.93. The van der Waals surface area contributed by atoms with E-state index >= 15 is 0 Å². The number of rotatable bonds is 4. The summed E-state index contributed by atoms with van der Waals surface area (Å²) in [6, 6.07) is 4.61. The van der Waals surface area contributed by atoms with Crippen molar-refractivity contribution in [2.24, 2.45) is 5.41 Å². The number of benzene rings is 1. The average molecular weight is 313 g/mol. The van der Waals surface area contributed by atoms with E-state index in [4.69, 9.17) is 0 Å². The first-order valence-electron chi connectivity index (χ1n) is 7.03. The van der Waals surface area contributed by atoms with E-state index in [1.807, 2.05) is 0 Å². The van der Waals surface area contributed by atoms with Gasteiger partial charge >= 0.3 is 12.1 Å². The van der Waals surface area contributed by atoms with Crippen molar-refractivity contribution < 1.29 is 23.1 Å². The van der Waals surface area contributed by atoms with Crippen LogP contribution in [0, 0.1) is 5.41 Å². The molecule has 0 saturated carbocycles. The molecular weight excluding hydrogens is 295 g/mol. The number of nitrogens with one attached hydrogen (secondary N) is 1. The third-order valence-electron chi connectivity index (χ3n) is 4.22. The van der Waals surface area contributed by atoms with Crippen LogP contribution in [0.15, 0.2) is 36.9 Å². The summed E-state index contributed by atoms with van der Waals surface area (Å²) in [5.41, 5.74) is -0.939. The Kier molecular flexibility index (Phi) is 4.60. The van der Waals surface area contributed by atoms with Gasteiger partial charge in [0.2, 0.25) is 0 Å². The van der Waals surface area contributed by atoms with Crippen LogP contribution in [0.5, 0.6) is 0 Å². The van der Waals surface area contributed by atoms with Gasteiger partial charge in [0.1, 0.15) is 0 Å². The predicted molar refractivity (Wildman–Crippen MR) is 76.3 cm³/mol. The van der Waals surface area contributed by atoms with E-state index in [0.29, 0.717) is 31.4 Å². The Morgan fingerprint density at radius 1 is 1.41 bits per heavy atom. The number of carboxylic acid groups (broad SMARTS) is 1. The molecule has 0 amide bonds. The number of aliphatic carboxylic acids is 1. The van der Waals surface area contributed by atoms with E-state index in [0.717, 1.165) is 12.1 Å². The number of hydrogen-bond acceptors (Lipinski definition) is 2. The van der Waals surface area contributed by atoms with Crippen LogP contribution in [0.4, 0.5) is 13.2 Å². The molecule has 2 atom stereocenters. The van der Waals surface area contributed by atoms with Crippen molar-refractivity contribution in [1.82, 2.24) is 5.32 Å². The van der Waals surface area contributed by atoms with Crippen LogP contribution >= 0.6 is 0 Å². The van der Waals surface area contributed by atoms with Gasteiger partial charge in [-0.05, 0) is 43.5 Å². The van der Waals surface area contributed by atoms with Gasteiger partial charge < -0.3 is 10.4 Å². The molecule has 0 aliphatic carbocycles. The topological polar surface area (TPSA) is 49.3 Å². The summed E-state index contributed by atoms with van der Waals surface area (Å²) in [4.78, 5) is 11.6. The Morgan fingerprint density at radius 3 is 2.55 bits per heavy atom. The maximum atomic E-state index is 12.6. The van der Waals surface area contributed by atoms with Crippen LogP contribution in [-0.4, -0.2) is 17.6 Å².